The van der Waals surface area contributed by atoms with Gasteiger partial charge in [0.2, 0.25) is 0 Å². The lowest BCUT2D eigenvalue weighted by atomic mass is 10.1. The average Bonchev–Trinajstić information content (AvgIpc) is 2.55. The molecule has 5 nitrogen and oxygen atoms in total. The van der Waals surface area contributed by atoms with Gasteiger partial charge in [-0.05, 0) is 36.2 Å². The van der Waals surface area contributed by atoms with Crippen LogP contribution in [0.1, 0.15) is 12.5 Å². The van der Waals surface area contributed by atoms with Crippen LogP contribution in [0.15, 0.2) is 42.5 Å². The van der Waals surface area contributed by atoms with Gasteiger partial charge < -0.3 is 20.1 Å². The normalized spacial score (nSPS) is 9.95. The van der Waals surface area contributed by atoms with Crippen molar-refractivity contribution >= 4 is 17.4 Å². The Morgan fingerprint density at radius 2 is 1.50 bits per heavy atom. The Kier molecular flexibility index (Phi) is 5.25. The summed E-state index contributed by atoms with van der Waals surface area (Å²) in [5.41, 5.74) is 2.60. The van der Waals surface area contributed by atoms with Gasteiger partial charge in [0.1, 0.15) is 0 Å². The summed E-state index contributed by atoms with van der Waals surface area (Å²) >= 11 is 0. The molecule has 0 unspecified atom stereocenters. The summed E-state index contributed by atoms with van der Waals surface area (Å²) in [4.78, 5) is 12.0. The van der Waals surface area contributed by atoms with Crippen molar-refractivity contribution in [3.63, 3.8) is 0 Å². The number of hydrogen-bond donors (Lipinski definition) is 2. The minimum Gasteiger partial charge on any atom is -0.493 e. The van der Waals surface area contributed by atoms with Gasteiger partial charge >= 0.3 is 6.03 Å². The molecule has 5 heteroatoms. The van der Waals surface area contributed by atoms with Gasteiger partial charge in [-0.3, -0.25) is 0 Å². The maximum absolute atomic E-state index is 12.0. The fourth-order valence-electron chi connectivity index (χ4n) is 2.03. The highest BCUT2D eigenvalue weighted by molar-refractivity contribution is 5.99. The Labute approximate surface area is 130 Å². The number of carbonyl (C=O) groups is 1. The SMILES string of the molecule is CCc1ccc(NC(=O)Nc2ccc(OC)c(OC)c2)cc1. The van der Waals surface area contributed by atoms with E-state index >= 15 is 0 Å². The molecule has 116 valence electrons. The molecule has 2 rings (SSSR count). The summed E-state index contributed by atoms with van der Waals surface area (Å²) in [5, 5.41) is 5.55. The standard InChI is InChI=1S/C17H20N2O3/c1-4-12-5-7-13(8-6-12)18-17(20)19-14-9-10-15(21-2)16(11-14)22-3/h5-11H,4H2,1-3H3,(H2,18,19,20). The van der Waals surface area contributed by atoms with Crippen molar-refractivity contribution in [3.8, 4) is 11.5 Å². The molecule has 0 heterocycles. The Bertz CT molecular complexity index is 639. The van der Waals surface area contributed by atoms with Crippen molar-refractivity contribution in [2.24, 2.45) is 0 Å². The Hall–Kier alpha value is -2.69. The molecule has 2 N–H and O–H groups in total. The lowest BCUT2D eigenvalue weighted by molar-refractivity contribution is 0.262. The lowest BCUT2D eigenvalue weighted by Crippen LogP contribution is -2.19. The highest BCUT2D eigenvalue weighted by Gasteiger charge is 2.07. The molecule has 0 fully saturated rings. The molecule has 2 aromatic rings. The summed E-state index contributed by atoms with van der Waals surface area (Å²) in [7, 11) is 3.12. The van der Waals surface area contributed by atoms with Crippen LogP contribution >= 0.6 is 0 Å². The van der Waals surface area contributed by atoms with Gasteiger partial charge in [0.15, 0.2) is 11.5 Å². The number of rotatable bonds is 5. The van der Waals surface area contributed by atoms with Crippen LogP contribution < -0.4 is 20.1 Å². The molecule has 0 spiro atoms. The van der Waals surface area contributed by atoms with E-state index in [-0.39, 0.29) is 6.03 Å². The topological polar surface area (TPSA) is 59.6 Å². The van der Waals surface area contributed by atoms with Crippen LogP contribution in [0.5, 0.6) is 11.5 Å². The fourth-order valence-corrected chi connectivity index (χ4v) is 2.03. The van der Waals surface area contributed by atoms with E-state index in [1.807, 2.05) is 24.3 Å². The second-order valence-corrected chi connectivity index (χ2v) is 4.70. The van der Waals surface area contributed by atoms with Crippen LogP contribution in [0.3, 0.4) is 0 Å². The average molecular weight is 300 g/mol. The first kappa shape index (κ1) is 15.7. The van der Waals surface area contributed by atoms with Crippen molar-refractivity contribution in [3.05, 3.63) is 48.0 Å². The molecule has 0 aliphatic carbocycles. The van der Waals surface area contributed by atoms with Crippen molar-refractivity contribution in [2.45, 2.75) is 13.3 Å². The maximum Gasteiger partial charge on any atom is 0.323 e. The fraction of sp³-hybridized carbons (Fsp3) is 0.235. The molecular weight excluding hydrogens is 280 g/mol. The zero-order valence-corrected chi connectivity index (χ0v) is 13.0. The van der Waals surface area contributed by atoms with Crippen LogP contribution in [0.25, 0.3) is 0 Å². The van der Waals surface area contributed by atoms with E-state index in [2.05, 4.69) is 17.6 Å². The summed E-state index contributed by atoms with van der Waals surface area (Å²) < 4.78 is 10.4. The molecule has 0 bridgehead atoms. The molecule has 0 saturated heterocycles. The number of anilines is 2. The Balaban J connectivity index is 2.02. The van der Waals surface area contributed by atoms with Gasteiger partial charge in [0, 0.05) is 17.4 Å². The smallest absolute Gasteiger partial charge is 0.323 e. The largest absolute Gasteiger partial charge is 0.493 e. The predicted molar refractivity (Wildman–Crippen MR) is 88.0 cm³/mol. The zero-order chi connectivity index (χ0) is 15.9. The number of nitrogens with one attached hydrogen (secondary N) is 2. The number of urea groups is 1. The monoisotopic (exact) mass is 300 g/mol. The van der Waals surface area contributed by atoms with Crippen molar-refractivity contribution in [1.29, 1.82) is 0 Å². The van der Waals surface area contributed by atoms with E-state index in [1.54, 1.807) is 32.4 Å². The maximum atomic E-state index is 12.0. The summed E-state index contributed by atoms with van der Waals surface area (Å²) in [6.07, 6.45) is 0.970. The molecule has 0 atom stereocenters. The molecule has 0 aliphatic heterocycles. The molecule has 2 amide bonds. The van der Waals surface area contributed by atoms with E-state index in [9.17, 15) is 4.79 Å². The van der Waals surface area contributed by atoms with Crippen LogP contribution in [0.2, 0.25) is 0 Å². The minimum absolute atomic E-state index is 0.309. The highest BCUT2D eigenvalue weighted by Crippen LogP contribution is 2.29. The number of hydrogen-bond acceptors (Lipinski definition) is 3. The summed E-state index contributed by atoms with van der Waals surface area (Å²) in [6.45, 7) is 2.09. The quantitative estimate of drug-likeness (QED) is 0.880. The highest BCUT2D eigenvalue weighted by atomic mass is 16.5. The van der Waals surface area contributed by atoms with Crippen LogP contribution in [-0.2, 0) is 6.42 Å². The first-order chi connectivity index (χ1) is 10.7. The van der Waals surface area contributed by atoms with Gasteiger partial charge in [0.05, 0.1) is 14.2 Å². The Morgan fingerprint density at radius 1 is 0.909 bits per heavy atom. The number of ether oxygens (including phenoxy) is 2. The molecule has 2 aromatic carbocycles. The minimum atomic E-state index is -0.309. The number of benzene rings is 2. The molecule has 22 heavy (non-hydrogen) atoms. The third-order valence-electron chi connectivity index (χ3n) is 3.26. The Morgan fingerprint density at radius 3 is 2.09 bits per heavy atom. The third-order valence-corrected chi connectivity index (χ3v) is 3.26. The molecule has 0 radical (unpaired) electrons. The van der Waals surface area contributed by atoms with E-state index in [1.165, 1.54) is 5.56 Å². The zero-order valence-electron chi connectivity index (χ0n) is 13.0. The first-order valence-electron chi connectivity index (χ1n) is 7.05. The van der Waals surface area contributed by atoms with E-state index in [0.717, 1.165) is 12.1 Å². The van der Waals surface area contributed by atoms with Gasteiger partial charge in [-0.1, -0.05) is 19.1 Å². The molecular formula is C17H20N2O3. The molecule has 0 aliphatic rings. The van der Waals surface area contributed by atoms with Crippen LogP contribution in [0.4, 0.5) is 16.2 Å². The summed E-state index contributed by atoms with van der Waals surface area (Å²) in [6, 6.07) is 12.6. The van der Waals surface area contributed by atoms with E-state index in [4.69, 9.17) is 9.47 Å². The molecule has 0 saturated carbocycles. The van der Waals surface area contributed by atoms with Gasteiger partial charge in [-0.2, -0.15) is 0 Å². The van der Waals surface area contributed by atoms with Crippen LogP contribution in [0, 0.1) is 0 Å². The number of carbonyl (C=O) groups excluding carboxylic acids is 1. The van der Waals surface area contributed by atoms with Crippen LogP contribution in [-0.4, -0.2) is 20.3 Å². The van der Waals surface area contributed by atoms with Crippen molar-refractivity contribution in [2.75, 3.05) is 24.9 Å². The second-order valence-electron chi connectivity index (χ2n) is 4.70. The number of methoxy groups -OCH3 is 2. The second kappa shape index (κ2) is 7.36. The number of aryl methyl sites for hydroxylation is 1. The van der Waals surface area contributed by atoms with Gasteiger partial charge in [-0.15, -0.1) is 0 Å². The van der Waals surface area contributed by atoms with E-state index in [0.29, 0.717) is 17.2 Å². The van der Waals surface area contributed by atoms with Gasteiger partial charge in [-0.25, -0.2) is 4.79 Å². The number of amides is 2. The lowest BCUT2D eigenvalue weighted by Gasteiger charge is -2.11. The van der Waals surface area contributed by atoms with Crippen molar-refractivity contribution in [1.82, 2.24) is 0 Å². The first-order valence-corrected chi connectivity index (χ1v) is 7.05. The summed E-state index contributed by atoms with van der Waals surface area (Å²) in [5.74, 6) is 1.18. The van der Waals surface area contributed by atoms with Gasteiger partial charge in [0.25, 0.3) is 0 Å². The molecule has 0 aromatic heterocycles. The third kappa shape index (κ3) is 3.91. The van der Waals surface area contributed by atoms with Crippen molar-refractivity contribution < 1.29 is 14.3 Å². The van der Waals surface area contributed by atoms with E-state index < -0.39 is 0 Å². The predicted octanol–water partition coefficient (Wildman–Crippen LogP) is 3.91.